The largest absolute Gasteiger partial charge is 0.346 e. The number of nitrogens with two attached hydrogens (primary N) is 1. The molecule has 2 aromatic rings. The average Bonchev–Trinajstić information content (AvgIpc) is 2.50. The van der Waals surface area contributed by atoms with Gasteiger partial charge in [-0.3, -0.25) is 0 Å². The summed E-state index contributed by atoms with van der Waals surface area (Å²) in [5, 5.41) is 2.13. The molecular formula is C10H10Cl2N2. The van der Waals surface area contributed by atoms with Gasteiger partial charge in [-0.1, -0.05) is 23.2 Å². The first-order chi connectivity index (χ1) is 6.65. The van der Waals surface area contributed by atoms with Crippen LogP contribution in [0.25, 0.3) is 10.9 Å². The van der Waals surface area contributed by atoms with Crippen molar-refractivity contribution in [1.29, 1.82) is 0 Å². The summed E-state index contributed by atoms with van der Waals surface area (Å²) in [7, 11) is 1.97. The number of hydrogen-bond acceptors (Lipinski definition) is 1. The van der Waals surface area contributed by atoms with Crippen LogP contribution >= 0.6 is 23.2 Å². The van der Waals surface area contributed by atoms with Crippen LogP contribution < -0.4 is 5.73 Å². The molecule has 0 saturated carbocycles. The normalized spacial score (nSPS) is 11.1. The van der Waals surface area contributed by atoms with Crippen molar-refractivity contribution in [1.82, 2.24) is 4.57 Å². The van der Waals surface area contributed by atoms with Crippen LogP contribution in [0.4, 0.5) is 0 Å². The third-order valence-corrected chi connectivity index (χ3v) is 3.24. The molecule has 1 aromatic carbocycles. The van der Waals surface area contributed by atoms with E-state index in [-0.39, 0.29) is 0 Å². The predicted octanol–water partition coefficient (Wildman–Crippen LogP) is 2.94. The lowest BCUT2D eigenvalue weighted by Crippen LogP contribution is -2.02. The molecule has 0 atom stereocenters. The molecule has 0 bridgehead atoms. The molecule has 2 rings (SSSR count). The van der Waals surface area contributed by atoms with Crippen LogP contribution in [0.1, 0.15) is 5.69 Å². The fourth-order valence-corrected chi connectivity index (χ4v) is 1.98. The van der Waals surface area contributed by atoms with Crippen molar-refractivity contribution in [2.45, 2.75) is 6.54 Å². The Labute approximate surface area is 92.2 Å². The lowest BCUT2D eigenvalue weighted by molar-refractivity contribution is 0.849. The fraction of sp³-hybridized carbons (Fsp3) is 0.200. The summed E-state index contributed by atoms with van der Waals surface area (Å²) >= 11 is 12.0. The van der Waals surface area contributed by atoms with E-state index in [9.17, 15) is 0 Å². The molecule has 2 N–H and O–H groups in total. The van der Waals surface area contributed by atoms with E-state index in [0.717, 1.165) is 16.6 Å². The molecule has 14 heavy (non-hydrogen) atoms. The first-order valence-electron chi connectivity index (χ1n) is 4.27. The zero-order valence-corrected chi connectivity index (χ0v) is 9.23. The van der Waals surface area contributed by atoms with Gasteiger partial charge in [-0.15, -0.1) is 0 Å². The number of hydrogen-bond donors (Lipinski definition) is 1. The second-order valence-electron chi connectivity index (χ2n) is 3.19. The van der Waals surface area contributed by atoms with Crippen molar-refractivity contribution in [3.8, 4) is 0 Å². The Morgan fingerprint density at radius 1 is 1.36 bits per heavy atom. The molecule has 0 spiro atoms. The van der Waals surface area contributed by atoms with Gasteiger partial charge in [0.1, 0.15) is 0 Å². The Hall–Kier alpha value is -0.700. The Bertz CT molecular complexity index is 488. The zero-order valence-electron chi connectivity index (χ0n) is 7.72. The molecule has 0 radical (unpaired) electrons. The zero-order chi connectivity index (χ0) is 10.3. The molecule has 4 heteroatoms. The summed E-state index contributed by atoms with van der Waals surface area (Å²) < 4.78 is 2.03. The molecule has 0 aliphatic heterocycles. The SMILES string of the molecule is Cn1c(CN)cc2c(Cl)c(Cl)ccc21. The summed E-state index contributed by atoms with van der Waals surface area (Å²) in [6, 6.07) is 5.72. The highest BCUT2D eigenvalue weighted by Crippen LogP contribution is 2.32. The minimum Gasteiger partial charge on any atom is -0.346 e. The average molecular weight is 229 g/mol. The maximum atomic E-state index is 6.08. The third kappa shape index (κ3) is 1.31. The van der Waals surface area contributed by atoms with Crippen LogP contribution in [0.15, 0.2) is 18.2 Å². The maximum absolute atomic E-state index is 6.08. The van der Waals surface area contributed by atoms with Gasteiger partial charge in [0.25, 0.3) is 0 Å². The van der Waals surface area contributed by atoms with E-state index in [2.05, 4.69) is 0 Å². The molecule has 0 fully saturated rings. The fourth-order valence-electron chi connectivity index (χ4n) is 1.60. The standard InChI is InChI=1S/C10H10Cl2N2/c1-14-6(5-13)4-7-9(14)3-2-8(11)10(7)12/h2-4H,5,13H2,1H3. The second-order valence-corrected chi connectivity index (χ2v) is 3.98. The first kappa shape index (κ1) is 9.84. The number of rotatable bonds is 1. The van der Waals surface area contributed by atoms with Crippen LogP contribution in [0.5, 0.6) is 0 Å². The van der Waals surface area contributed by atoms with E-state index in [0.29, 0.717) is 16.6 Å². The van der Waals surface area contributed by atoms with Crippen LogP contribution in [0, 0.1) is 0 Å². The van der Waals surface area contributed by atoms with E-state index in [1.807, 2.05) is 23.7 Å². The molecule has 74 valence electrons. The van der Waals surface area contributed by atoms with E-state index >= 15 is 0 Å². The maximum Gasteiger partial charge on any atom is 0.0686 e. The third-order valence-electron chi connectivity index (χ3n) is 2.42. The van der Waals surface area contributed by atoms with E-state index in [4.69, 9.17) is 28.9 Å². The Balaban J connectivity index is 2.85. The highest BCUT2D eigenvalue weighted by Gasteiger charge is 2.09. The Morgan fingerprint density at radius 2 is 2.07 bits per heavy atom. The van der Waals surface area contributed by atoms with Gasteiger partial charge in [0, 0.05) is 30.2 Å². The molecule has 1 aromatic heterocycles. The van der Waals surface area contributed by atoms with Gasteiger partial charge in [0.15, 0.2) is 0 Å². The van der Waals surface area contributed by atoms with E-state index in [1.165, 1.54) is 0 Å². The van der Waals surface area contributed by atoms with Gasteiger partial charge >= 0.3 is 0 Å². The number of aryl methyl sites for hydroxylation is 1. The Morgan fingerprint density at radius 3 is 2.71 bits per heavy atom. The van der Waals surface area contributed by atoms with Crippen molar-refractivity contribution in [2.24, 2.45) is 12.8 Å². The monoisotopic (exact) mass is 228 g/mol. The molecule has 0 amide bonds. The lowest BCUT2D eigenvalue weighted by atomic mass is 10.2. The van der Waals surface area contributed by atoms with Gasteiger partial charge in [-0.2, -0.15) is 0 Å². The highest BCUT2D eigenvalue weighted by molar-refractivity contribution is 6.45. The van der Waals surface area contributed by atoms with Crippen LogP contribution in [0.2, 0.25) is 10.0 Å². The lowest BCUT2D eigenvalue weighted by Gasteiger charge is -2.01. The van der Waals surface area contributed by atoms with Crippen molar-refractivity contribution in [2.75, 3.05) is 0 Å². The summed E-state index contributed by atoms with van der Waals surface area (Å²) in [5.41, 5.74) is 7.71. The van der Waals surface area contributed by atoms with Crippen LogP contribution in [-0.2, 0) is 13.6 Å². The van der Waals surface area contributed by atoms with E-state index in [1.54, 1.807) is 6.07 Å². The van der Waals surface area contributed by atoms with Crippen molar-refractivity contribution >= 4 is 34.1 Å². The topological polar surface area (TPSA) is 30.9 Å². The smallest absolute Gasteiger partial charge is 0.0686 e. The van der Waals surface area contributed by atoms with Gasteiger partial charge < -0.3 is 10.3 Å². The number of benzene rings is 1. The van der Waals surface area contributed by atoms with Crippen molar-refractivity contribution in [3.05, 3.63) is 33.9 Å². The number of fused-ring (bicyclic) bond motifs is 1. The summed E-state index contributed by atoms with van der Waals surface area (Å²) in [4.78, 5) is 0. The molecule has 0 aliphatic carbocycles. The molecule has 0 saturated heterocycles. The quantitative estimate of drug-likeness (QED) is 0.800. The molecule has 1 heterocycles. The molecule has 0 unspecified atom stereocenters. The second kappa shape index (κ2) is 3.46. The minimum absolute atomic E-state index is 0.499. The van der Waals surface area contributed by atoms with Gasteiger partial charge in [0.2, 0.25) is 0 Å². The summed E-state index contributed by atoms with van der Waals surface area (Å²) in [6.45, 7) is 0.499. The van der Waals surface area contributed by atoms with Gasteiger partial charge in [0.05, 0.1) is 10.0 Å². The number of nitrogens with zero attached hydrogens (tertiary/aromatic N) is 1. The number of aromatic nitrogens is 1. The summed E-state index contributed by atoms with van der Waals surface area (Å²) in [6.07, 6.45) is 0. The predicted molar refractivity (Wildman–Crippen MR) is 60.8 cm³/mol. The minimum atomic E-state index is 0.499. The van der Waals surface area contributed by atoms with Gasteiger partial charge in [-0.25, -0.2) is 0 Å². The van der Waals surface area contributed by atoms with E-state index < -0.39 is 0 Å². The molecule has 2 nitrogen and oxygen atoms in total. The number of halogens is 2. The van der Waals surface area contributed by atoms with Crippen molar-refractivity contribution < 1.29 is 0 Å². The first-order valence-corrected chi connectivity index (χ1v) is 5.03. The van der Waals surface area contributed by atoms with Crippen LogP contribution in [0.3, 0.4) is 0 Å². The van der Waals surface area contributed by atoms with Crippen molar-refractivity contribution in [3.63, 3.8) is 0 Å². The molecular weight excluding hydrogens is 219 g/mol. The highest BCUT2D eigenvalue weighted by atomic mass is 35.5. The van der Waals surface area contributed by atoms with Crippen LogP contribution in [-0.4, -0.2) is 4.57 Å². The Kier molecular flexibility index (Phi) is 2.43. The van der Waals surface area contributed by atoms with Gasteiger partial charge in [-0.05, 0) is 18.2 Å². The molecule has 0 aliphatic rings. The summed E-state index contributed by atoms with van der Waals surface area (Å²) in [5.74, 6) is 0.